The van der Waals surface area contributed by atoms with Gasteiger partial charge in [-0.3, -0.25) is 0 Å². The second-order valence-corrected chi connectivity index (χ2v) is 5.96. The largest absolute Gasteiger partial charge is 0.398 e. The lowest BCUT2D eigenvalue weighted by Gasteiger charge is -2.10. The van der Waals surface area contributed by atoms with Crippen LogP contribution in [-0.4, -0.2) is 18.3 Å². The maximum atomic E-state index is 5.96. The molecule has 0 saturated carbocycles. The first-order valence-electron chi connectivity index (χ1n) is 6.48. The Bertz CT molecular complexity index is 359. The SMILES string of the molecule is Cc1ccc(N)c(SCCCC2CCCN2)c1. The highest BCUT2D eigenvalue weighted by molar-refractivity contribution is 7.99. The van der Waals surface area contributed by atoms with Crippen molar-refractivity contribution in [2.24, 2.45) is 0 Å². The van der Waals surface area contributed by atoms with Gasteiger partial charge in [0.1, 0.15) is 0 Å². The van der Waals surface area contributed by atoms with Crippen LogP contribution in [0.5, 0.6) is 0 Å². The third kappa shape index (κ3) is 3.93. The van der Waals surface area contributed by atoms with Crippen LogP contribution in [0.1, 0.15) is 31.2 Å². The summed E-state index contributed by atoms with van der Waals surface area (Å²) < 4.78 is 0. The maximum Gasteiger partial charge on any atom is 0.0452 e. The molecule has 1 saturated heterocycles. The van der Waals surface area contributed by atoms with Gasteiger partial charge in [0.05, 0.1) is 0 Å². The van der Waals surface area contributed by atoms with Gasteiger partial charge in [0.15, 0.2) is 0 Å². The van der Waals surface area contributed by atoms with Crippen LogP contribution in [0, 0.1) is 6.92 Å². The fraction of sp³-hybridized carbons (Fsp3) is 0.571. The van der Waals surface area contributed by atoms with Gasteiger partial charge in [-0.15, -0.1) is 11.8 Å². The van der Waals surface area contributed by atoms with Gasteiger partial charge < -0.3 is 11.1 Å². The van der Waals surface area contributed by atoms with Gasteiger partial charge in [-0.1, -0.05) is 6.07 Å². The normalized spacial score (nSPS) is 19.7. The van der Waals surface area contributed by atoms with Crippen LogP contribution in [0.15, 0.2) is 23.1 Å². The Labute approximate surface area is 108 Å². The van der Waals surface area contributed by atoms with Gasteiger partial charge in [-0.2, -0.15) is 0 Å². The van der Waals surface area contributed by atoms with Crippen molar-refractivity contribution in [1.82, 2.24) is 5.32 Å². The van der Waals surface area contributed by atoms with Crippen LogP contribution in [0.3, 0.4) is 0 Å². The quantitative estimate of drug-likeness (QED) is 0.479. The number of aryl methyl sites for hydroxylation is 1. The molecular weight excluding hydrogens is 228 g/mol. The molecule has 1 heterocycles. The molecule has 94 valence electrons. The summed E-state index contributed by atoms with van der Waals surface area (Å²) in [4.78, 5) is 1.24. The molecule has 0 radical (unpaired) electrons. The molecule has 0 spiro atoms. The Morgan fingerprint density at radius 3 is 3.12 bits per heavy atom. The minimum absolute atomic E-state index is 0.769. The molecule has 1 aromatic rings. The van der Waals surface area contributed by atoms with E-state index in [0.717, 1.165) is 11.7 Å². The van der Waals surface area contributed by atoms with E-state index in [-0.39, 0.29) is 0 Å². The topological polar surface area (TPSA) is 38.0 Å². The van der Waals surface area contributed by atoms with Gasteiger partial charge in [0, 0.05) is 16.6 Å². The molecule has 3 N–H and O–H groups in total. The molecule has 1 fully saturated rings. The van der Waals surface area contributed by atoms with E-state index in [1.807, 2.05) is 17.8 Å². The zero-order chi connectivity index (χ0) is 12.1. The van der Waals surface area contributed by atoms with Crippen LogP contribution < -0.4 is 11.1 Å². The number of nitrogens with one attached hydrogen (secondary N) is 1. The Kier molecular flexibility index (Phi) is 4.75. The first-order chi connectivity index (χ1) is 8.25. The van der Waals surface area contributed by atoms with E-state index in [4.69, 9.17) is 5.73 Å². The van der Waals surface area contributed by atoms with E-state index in [2.05, 4.69) is 24.4 Å². The van der Waals surface area contributed by atoms with Crippen LogP contribution in [0.2, 0.25) is 0 Å². The highest BCUT2D eigenvalue weighted by Gasteiger charge is 2.12. The predicted molar refractivity (Wildman–Crippen MR) is 76.6 cm³/mol. The lowest BCUT2D eigenvalue weighted by atomic mass is 10.1. The monoisotopic (exact) mass is 250 g/mol. The second kappa shape index (κ2) is 6.31. The van der Waals surface area contributed by atoms with Crippen molar-refractivity contribution in [2.45, 2.75) is 43.5 Å². The highest BCUT2D eigenvalue weighted by atomic mass is 32.2. The van der Waals surface area contributed by atoms with Crippen molar-refractivity contribution in [3.05, 3.63) is 23.8 Å². The van der Waals surface area contributed by atoms with Gasteiger partial charge in [0.25, 0.3) is 0 Å². The average molecular weight is 250 g/mol. The number of nitrogen functional groups attached to an aromatic ring is 1. The van der Waals surface area contributed by atoms with Crippen LogP contribution in [-0.2, 0) is 0 Å². The number of nitrogens with two attached hydrogens (primary N) is 1. The smallest absolute Gasteiger partial charge is 0.0452 e. The van der Waals surface area contributed by atoms with Gasteiger partial charge >= 0.3 is 0 Å². The third-order valence-corrected chi connectivity index (χ3v) is 4.44. The third-order valence-electron chi connectivity index (χ3n) is 3.29. The first kappa shape index (κ1) is 12.8. The Morgan fingerprint density at radius 2 is 2.35 bits per heavy atom. The number of benzene rings is 1. The fourth-order valence-electron chi connectivity index (χ4n) is 2.28. The van der Waals surface area contributed by atoms with E-state index in [1.54, 1.807) is 0 Å². The van der Waals surface area contributed by atoms with Crippen molar-refractivity contribution in [2.75, 3.05) is 18.0 Å². The predicted octanol–water partition coefficient (Wildman–Crippen LogP) is 3.20. The van der Waals surface area contributed by atoms with Crippen LogP contribution in [0.4, 0.5) is 5.69 Å². The first-order valence-corrected chi connectivity index (χ1v) is 7.46. The molecule has 2 nitrogen and oxygen atoms in total. The van der Waals surface area contributed by atoms with Crippen molar-refractivity contribution in [3.8, 4) is 0 Å². The Hall–Kier alpha value is -0.670. The van der Waals surface area contributed by atoms with Crippen molar-refractivity contribution in [3.63, 3.8) is 0 Å². The zero-order valence-corrected chi connectivity index (χ0v) is 11.4. The summed E-state index contributed by atoms with van der Waals surface area (Å²) in [5.41, 5.74) is 8.17. The molecule has 1 atom stereocenters. The van der Waals surface area contributed by atoms with Gasteiger partial charge in [-0.25, -0.2) is 0 Å². The summed E-state index contributed by atoms with van der Waals surface area (Å²) >= 11 is 1.89. The highest BCUT2D eigenvalue weighted by Crippen LogP contribution is 2.27. The molecule has 2 rings (SSSR count). The van der Waals surface area contributed by atoms with E-state index in [9.17, 15) is 0 Å². The van der Waals surface area contributed by atoms with Gasteiger partial charge in [-0.05, 0) is 62.6 Å². The molecule has 1 aliphatic heterocycles. The molecule has 1 aromatic carbocycles. The van der Waals surface area contributed by atoms with E-state index in [0.29, 0.717) is 0 Å². The maximum absolute atomic E-state index is 5.96. The van der Waals surface area contributed by atoms with Gasteiger partial charge in [0.2, 0.25) is 0 Å². The van der Waals surface area contributed by atoms with E-state index in [1.165, 1.54) is 48.4 Å². The average Bonchev–Trinajstić information content (AvgIpc) is 2.82. The van der Waals surface area contributed by atoms with E-state index >= 15 is 0 Å². The molecule has 0 aromatic heterocycles. The summed E-state index contributed by atoms with van der Waals surface area (Å²) in [7, 11) is 0. The number of hydrogen-bond donors (Lipinski definition) is 2. The summed E-state index contributed by atoms with van der Waals surface area (Å²) in [5.74, 6) is 1.17. The molecule has 0 amide bonds. The van der Waals surface area contributed by atoms with Crippen molar-refractivity contribution >= 4 is 17.4 Å². The second-order valence-electron chi connectivity index (χ2n) is 4.83. The molecule has 0 aliphatic carbocycles. The number of anilines is 1. The molecule has 3 heteroatoms. The summed E-state index contributed by atoms with van der Waals surface area (Å²) in [6.45, 7) is 3.33. The molecule has 1 unspecified atom stereocenters. The Balaban J connectivity index is 1.72. The minimum Gasteiger partial charge on any atom is -0.398 e. The molecule has 1 aliphatic rings. The summed E-state index contributed by atoms with van der Waals surface area (Å²) in [6.07, 6.45) is 5.29. The number of thioether (sulfide) groups is 1. The molecular formula is C14H22N2S. The minimum atomic E-state index is 0.769. The Morgan fingerprint density at radius 1 is 1.47 bits per heavy atom. The summed E-state index contributed by atoms with van der Waals surface area (Å²) in [6, 6.07) is 7.04. The number of hydrogen-bond acceptors (Lipinski definition) is 3. The zero-order valence-electron chi connectivity index (χ0n) is 10.5. The summed E-state index contributed by atoms with van der Waals surface area (Å²) in [5, 5.41) is 3.54. The fourth-order valence-corrected chi connectivity index (χ4v) is 3.32. The standard InChI is InChI=1S/C14H22N2S/c1-11-6-7-13(15)14(10-11)17-9-3-5-12-4-2-8-16-12/h6-7,10,12,16H,2-5,8-9,15H2,1H3. The van der Waals surface area contributed by atoms with Crippen molar-refractivity contribution in [1.29, 1.82) is 0 Å². The molecule has 0 bridgehead atoms. The van der Waals surface area contributed by atoms with E-state index < -0.39 is 0 Å². The molecule has 17 heavy (non-hydrogen) atoms. The lowest BCUT2D eigenvalue weighted by molar-refractivity contribution is 0.553. The van der Waals surface area contributed by atoms with Crippen molar-refractivity contribution < 1.29 is 0 Å². The van der Waals surface area contributed by atoms with Crippen LogP contribution in [0.25, 0.3) is 0 Å². The number of rotatable bonds is 5. The van der Waals surface area contributed by atoms with Crippen LogP contribution >= 0.6 is 11.8 Å². The lowest BCUT2D eigenvalue weighted by Crippen LogP contribution is -2.20.